The van der Waals surface area contributed by atoms with Crippen LogP contribution in [-0.2, 0) is 30.3 Å². The molecule has 0 N–H and O–H groups in total. The lowest BCUT2D eigenvalue weighted by molar-refractivity contribution is -0.384. The molecule has 0 aliphatic heterocycles. The van der Waals surface area contributed by atoms with E-state index in [9.17, 15) is 24.5 Å². The van der Waals surface area contributed by atoms with Gasteiger partial charge in [0.1, 0.15) is 6.29 Å². The molecule has 24 heavy (non-hydrogen) atoms. The van der Waals surface area contributed by atoms with Crippen LogP contribution in [0.25, 0.3) is 0 Å². The summed E-state index contributed by atoms with van der Waals surface area (Å²) in [6.45, 7) is -0.524. The van der Waals surface area contributed by atoms with E-state index >= 15 is 0 Å². The third-order valence-corrected chi connectivity index (χ3v) is 3.34. The number of nitro groups is 1. The Hall–Kier alpha value is -2.81. The van der Waals surface area contributed by atoms with Crippen LogP contribution in [-0.4, -0.2) is 61.4 Å². The molecule has 0 saturated heterocycles. The Morgan fingerprint density at radius 1 is 1.17 bits per heavy atom. The highest BCUT2D eigenvalue weighted by Gasteiger charge is 2.24. The van der Waals surface area contributed by atoms with Gasteiger partial charge in [0.15, 0.2) is 0 Å². The van der Waals surface area contributed by atoms with Crippen molar-refractivity contribution in [3.63, 3.8) is 0 Å². The van der Waals surface area contributed by atoms with Crippen molar-refractivity contribution >= 4 is 23.9 Å². The Labute approximate surface area is 138 Å². The first-order chi connectivity index (χ1) is 11.4. The third-order valence-electron chi connectivity index (χ3n) is 3.34. The van der Waals surface area contributed by atoms with Gasteiger partial charge >= 0.3 is 11.9 Å². The van der Waals surface area contributed by atoms with Crippen molar-refractivity contribution < 1.29 is 28.8 Å². The number of hydrogen-bond acceptors (Lipinski definition) is 8. The standard InChI is InChI=1S/C15H18N2O7/c1-23-14(19)8-16(9-15(20)24-2)13(10-18)7-11-3-5-12(6-4-11)17(21)22/h3-6,10,13H,7-9H2,1-2H3. The fraction of sp³-hybridized carbons (Fsp3) is 0.400. The van der Waals surface area contributed by atoms with Crippen LogP contribution in [0, 0.1) is 10.1 Å². The zero-order valence-electron chi connectivity index (χ0n) is 13.3. The Bertz CT molecular complexity index is 582. The number of hydrogen-bond donors (Lipinski definition) is 0. The van der Waals surface area contributed by atoms with Crippen molar-refractivity contribution in [2.24, 2.45) is 0 Å². The van der Waals surface area contributed by atoms with E-state index in [1.807, 2.05) is 0 Å². The minimum Gasteiger partial charge on any atom is -0.468 e. The lowest BCUT2D eigenvalue weighted by Gasteiger charge is -2.25. The molecule has 0 fully saturated rings. The van der Waals surface area contributed by atoms with E-state index in [1.54, 1.807) is 0 Å². The minimum absolute atomic E-state index is 0.0672. The van der Waals surface area contributed by atoms with Crippen LogP contribution in [0.5, 0.6) is 0 Å². The maximum Gasteiger partial charge on any atom is 0.319 e. The summed E-state index contributed by atoms with van der Waals surface area (Å²) in [6, 6.07) is 4.89. The molecule has 0 heterocycles. The minimum atomic E-state index is -0.787. The lowest BCUT2D eigenvalue weighted by Crippen LogP contribution is -2.45. The van der Waals surface area contributed by atoms with Crippen molar-refractivity contribution in [2.45, 2.75) is 12.5 Å². The van der Waals surface area contributed by atoms with Crippen LogP contribution in [0.15, 0.2) is 24.3 Å². The van der Waals surface area contributed by atoms with Crippen molar-refractivity contribution in [3.8, 4) is 0 Å². The van der Waals surface area contributed by atoms with Crippen molar-refractivity contribution in [3.05, 3.63) is 39.9 Å². The van der Waals surface area contributed by atoms with Crippen LogP contribution < -0.4 is 0 Å². The van der Waals surface area contributed by atoms with Gasteiger partial charge in [-0.15, -0.1) is 0 Å². The highest BCUT2D eigenvalue weighted by Crippen LogP contribution is 2.14. The number of aldehydes is 1. The molecular weight excluding hydrogens is 320 g/mol. The summed E-state index contributed by atoms with van der Waals surface area (Å²) in [5.41, 5.74) is 0.583. The van der Waals surface area contributed by atoms with Gasteiger partial charge in [0.05, 0.1) is 38.3 Å². The molecule has 9 nitrogen and oxygen atoms in total. The Kier molecular flexibility index (Phi) is 7.50. The molecule has 9 heteroatoms. The van der Waals surface area contributed by atoms with Gasteiger partial charge in [-0.3, -0.25) is 24.6 Å². The first-order valence-electron chi connectivity index (χ1n) is 6.97. The average Bonchev–Trinajstić information content (AvgIpc) is 2.59. The second-order valence-electron chi connectivity index (χ2n) is 4.89. The summed E-state index contributed by atoms with van der Waals surface area (Å²) < 4.78 is 9.12. The smallest absolute Gasteiger partial charge is 0.319 e. The van der Waals surface area contributed by atoms with E-state index in [0.717, 1.165) is 0 Å². The molecule has 1 atom stereocenters. The maximum atomic E-state index is 11.5. The molecule has 0 amide bonds. The van der Waals surface area contributed by atoms with Crippen LogP contribution >= 0.6 is 0 Å². The first-order valence-corrected chi connectivity index (χ1v) is 6.97. The van der Waals surface area contributed by atoms with Gasteiger partial charge in [-0.05, 0) is 12.0 Å². The quantitative estimate of drug-likeness (QED) is 0.274. The summed E-state index contributed by atoms with van der Waals surface area (Å²) >= 11 is 0. The Balaban J connectivity index is 2.90. The monoisotopic (exact) mass is 338 g/mol. The zero-order valence-corrected chi connectivity index (χ0v) is 13.3. The van der Waals surface area contributed by atoms with Gasteiger partial charge in [-0.25, -0.2) is 0 Å². The van der Waals surface area contributed by atoms with Gasteiger partial charge in [-0.1, -0.05) is 12.1 Å². The highest BCUT2D eigenvalue weighted by molar-refractivity contribution is 5.76. The van der Waals surface area contributed by atoms with Crippen LogP contribution in [0.1, 0.15) is 5.56 Å². The number of nitro benzene ring substituents is 1. The molecule has 1 rings (SSSR count). The maximum absolute atomic E-state index is 11.5. The second-order valence-corrected chi connectivity index (χ2v) is 4.89. The predicted octanol–water partition coefficient (Wildman–Crippen LogP) is 0.353. The second kappa shape index (κ2) is 9.36. The third kappa shape index (κ3) is 5.76. The Morgan fingerprint density at radius 2 is 1.67 bits per heavy atom. The van der Waals surface area contributed by atoms with Crippen LogP contribution in [0.4, 0.5) is 5.69 Å². The molecule has 1 aromatic rings. The van der Waals surface area contributed by atoms with Gasteiger partial charge in [-0.2, -0.15) is 0 Å². The van der Waals surface area contributed by atoms with Crippen molar-refractivity contribution in [1.29, 1.82) is 0 Å². The van der Waals surface area contributed by atoms with Crippen molar-refractivity contribution in [2.75, 3.05) is 27.3 Å². The molecule has 0 bridgehead atoms. The van der Waals surface area contributed by atoms with Crippen LogP contribution in [0.3, 0.4) is 0 Å². The van der Waals surface area contributed by atoms with E-state index in [2.05, 4.69) is 9.47 Å². The molecule has 130 valence electrons. The fourth-order valence-electron chi connectivity index (χ4n) is 2.01. The number of esters is 2. The van der Waals surface area contributed by atoms with E-state index in [1.165, 1.54) is 43.4 Å². The van der Waals surface area contributed by atoms with E-state index in [-0.39, 0.29) is 25.2 Å². The first kappa shape index (κ1) is 19.2. The number of carbonyl (C=O) groups is 3. The largest absolute Gasteiger partial charge is 0.468 e. The summed E-state index contributed by atoms with van der Waals surface area (Å²) in [5.74, 6) is -1.20. The van der Waals surface area contributed by atoms with E-state index in [4.69, 9.17) is 0 Å². The average molecular weight is 338 g/mol. The van der Waals surface area contributed by atoms with Gasteiger partial charge in [0.25, 0.3) is 5.69 Å². The number of nitrogens with zero attached hydrogens (tertiary/aromatic N) is 2. The molecule has 0 aliphatic rings. The normalized spacial score (nSPS) is 11.6. The summed E-state index contributed by atoms with van der Waals surface area (Å²) in [6.07, 6.45) is 0.781. The number of non-ortho nitro benzene ring substituents is 1. The number of methoxy groups -OCH3 is 2. The number of ether oxygens (including phenoxy) is 2. The molecule has 0 radical (unpaired) electrons. The van der Waals surface area contributed by atoms with Gasteiger partial charge < -0.3 is 14.3 Å². The lowest BCUT2D eigenvalue weighted by atomic mass is 10.0. The molecule has 0 aliphatic carbocycles. The van der Waals surface area contributed by atoms with E-state index < -0.39 is 22.9 Å². The summed E-state index contributed by atoms with van der Waals surface area (Å²) in [5, 5.41) is 10.6. The predicted molar refractivity (Wildman–Crippen MR) is 82.3 cm³/mol. The summed E-state index contributed by atoms with van der Waals surface area (Å²) in [7, 11) is 2.40. The SMILES string of the molecule is COC(=O)CN(CC(=O)OC)C(C=O)Cc1ccc([N+](=O)[O-])cc1. The van der Waals surface area contributed by atoms with Crippen LogP contribution in [0.2, 0.25) is 0 Å². The highest BCUT2D eigenvalue weighted by atomic mass is 16.6. The summed E-state index contributed by atoms with van der Waals surface area (Å²) in [4.78, 5) is 45.8. The zero-order chi connectivity index (χ0) is 18.1. The topological polar surface area (TPSA) is 116 Å². The number of rotatable bonds is 9. The van der Waals surface area contributed by atoms with Gasteiger partial charge in [0.2, 0.25) is 0 Å². The Morgan fingerprint density at radius 3 is 2.04 bits per heavy atom. The molecule has 0 spiro atoms. The molecule has 0 aromatic heterocycles. The molecule has 1 unspecified atom stereocenters. The molecule has 0 saturated carbocycles. The fourth-order valence-corrected chi connectivity index (χ4v) is 2.01. The van der Waals surface area contributed by atoms with Gasteiger partial charge in [0, 0.05) is 12.1 Å². The van der Waals surface area contributed by atoms with Crippen molar-refractivity contribution in [1.82, 2.24) is 4.90 Å². The molecular formula is C15H18N2O7. The number of carbonyl (C=O) groups excluding carboxylic acids is 3. The number of benzene rings is 1. The molecule has 1 aromatic carbocycles. The van der Waals surface area contributed by atoms with E-state index in [0.29, 0.717) is 11.8 Å².